The van der Waals surface area contributed by atoms with Crippen LogP contribution >= 0.6 is 0 Å². The van der Waals surface area contributed by atoms with Crippen LogP contribution in [0.3, 0.4) is 0 Å². The number of hydrogen-bond donors (Lipinski definition) is 2. The number of rotatable bonds is 7. The van der Waals surface area contributed by atoms with Crippen molar-refractivity contribution >= 4 is 5.70 Å². The van der Waals surface area contributed by atoms with Gasteiger partial charge in [0.2, 0.25) is 0 Å². The highest BCUT2D eigenvalue weighted by atomic mass is 14.9. The van der Waals surface area contributed by atoms with Gasteiger partial charge in [0.15, 0.2) is 0 Å². The number of nitrogens with one attached hydrogen (secondary N) is 2. The third-order valence-electron chi connectivity index (χ3n) is 4.71. The molecule has 0 aliphatic carbocycles. The molecule has 2 heterocycles. The second-order valence-corrected chi connectivity index (χ2v) is 6.73. The minimum atomic E-state index is 0.518. The third-order valence-corrected chi connectivity index (χ3v) is 4.71. The fourth-order valence-electron chi connectivity index (χ4n) is 3.19. The summed E-state index contributed by atoms with van der Waals surface area (Å²) >= 11 is 0. The van der Waals surface area contributed by atoms with E-state index in [1.165, 1.54) is 22.4 Å². The van der Waals surface area contributed by atoms with Crippen LogP contribution in [-0.2, 0) is 6.42 Å². The summed E-state index contributed by atoms with van der Waals surface area (Å²) in [5.74, 6) is 0. The maximum Gasteiger partial charge on any atom is 0.0702 e. The largest absolute Gasteiger partial charge is 0.391 e. The molecule has 2 N–H and O–H groups in total. The Labute approximate surface area is 150 Å². The van der Waals surface area contributed by atoms with Crippen LogP contribution in [0.4, 0.5) is 0 Å². The summed E-state index contributed by atoms with van der Waals surface area (Å²) < 4.78 is 0. The summed E-state index contributed by atoms with van der Waals surface area (Å²) in [7, 11) is 0. The lowest BCUT2D eigenvalue weighted by Crippen LogP contribution is -2.17. The maximum atomic E-state index is 4.69. The molecule has 0 radical (unpaired) electrons. The second-order valence-electron chi connectivity index (χ2n) is 6.73. The molecule has 0 amide bonds. The van der Waals surface area contributed by atoms with Gasteiger partial charge in [-0.3, -0.25) is 4.98 Å². The highest BCUT2D eigenvalue weighted by molar-refractivity contribution is 5.68. The van der Waals surface area contributed by atoms with Gasteiger partial charge in [-0.2, -0.15) is 0 Å². The molecule has 3 heteroatoms. The van der Waals surface area contributed by atoms with Crippen molar-refractivity contribution in [2.24, 2.45) is 0 Å². The van der Waals surface area contributed by atoms with Crippen molar-refractivity contribution in [3.63, 3.8) is 0 Å². The summed E-state index contributed by atoms with van der Waals surface area (Å²) in [6.45, 7) is 9.02. The first-order valence-electron chi connectivity index (χ1n) is 9.04. The van der Waals surface area contributed by atoms with E-state index in [2.05, 4.69) is 67.5 Å². The van der Waals surface area contributed by atoms with Gasteiger partial charge >= 0.3 is 0 Å². The Hall–Kier alpha value is -2.55. The van der Waals surface area contributed by atoms with E-state index in [4.69, 9.17) is 4.98 Å². The van der Waals surface area contributed by atoms with Crippen LogP contribution in [0.2, 0.25) is 0 Å². The first-order chi connectivity index (χ1) is 12.2. The number of hydrogen-bond acceptors (Lipinski definition) is 3. The van der Waals surface area contributed by atoms with E-state index in [1.54, 1.807) is 6.20 Å². The van der Waals surface area contributed by atoms with Gasteiger partial charge in [-0.1, -0.05) is 24.8 Å². The smallest absolute Gasteiger partial charge is 0.0702 e. The third kappa shape index (κ3) is 4.30. The van der Waals surface area contributed by atoms with Gasteiger partial charge < -0.3 is 10.6 Å². The van der Waals surface area contributed by atoms with Crippen molar-refractivity contribution in [3.8, 4) is 11.3 Å². The van der Waals surface area contributed by atoms with Gasteiger partial charge in [-0.25, -0.2) is 0 Å². The Morgan fingerprint density at radius 1 is 1.28 bits per heavy atom. The highest BCUT2D eigenvalue weighted by Gasteiger charge is 2.13. The standard InChI is InChI=1S/C22H27N3/c1-4-23-13-5-6-18-14-19(9-7-16(18)2)21-12-10-20(15-24-21)22-11-8-17(3)25-22/h4,7,9-12,14-15,17,23,25H,1,5-6,8,13H2,2-3H3. The molecule has 0 bridgehead atoms. The lowest BCUT2D eigenvalue weighted by atomic mass is 9.99. The van der Waals surface area contributed by atoms with Crippen LogP contribution in [0.25, 0.3) is 17.0 Å². The normalized spacial score (nSPS) is 16.2. The van der Waals surface area contributed by atoms with Crippen LogP contribution in [-0.4, -0.2) is 17.6 Å². The van der Waals surface area contributed by atoms with Gasteiger partial charge in [0, 0.05) is 35.6 Å². The molecule has 0 fully saturated rings. The molecule has 3 rings (SSSR count). The topological polar surface area (TPSA) is 37.0 Å². The zero-order chi connectivity index (χ0) is 17.6. The summed E-state index contributed by atoms with van der Waals surface area (Å²) in [6, 6.07) is 11.4. The average molecular weight is 333 g/mol. The Morgan fingerprint density at radius 2 is 2.12 bits per heavy atom. The Morgan fingerprint density at radius 3 is 2.80 bits per heavy atom. The lowest BCUT2D eigenvalue weighted by Gasteiger charge is -2.11. The minimum Gasteiger partial charge on any atom is -0.391 e. The Balaban J connectivity index is 1.74. The van der Waals surface area contributed by atoms with Crippen LogP contribution in [0.15, 0.2) is 55.4 Å². The van der Waals surface area contributed by atoms with Crippen molar-refractivity contribution in [2.75, 3.05) is 6.54 Å². The van der Waals surface area contributed by atoms with Crippen molar-refractivity contribution in [1.29, 1.82) is 0 Å². The van der Waals surface area contributed by atoms with Crippen LogP contribution in [0.1, 0.15) is 36.5 Å². The van der Waals surface area contributed by atoms with E-state index in [9.17, 15) is 0 Å². The SMILES string of the molecule is C=CNCCCc1cc(-c2ccc(C3=CCC(C)N3)cn2)ccc1C. The lowest BCUT2D eigenvalue weighted by molar-refractivity contribution is 0.698. The molecule has 2 aromatic rings. The van der Waals surface area contributed by atoms with E-state index < -0.39 is 0 Å². The van der Waals surface area contributed by atoms with Gasteiger partial charge in [-0.05, 0) is 68.6 Å². The van der Waals surface area contributed by atoms with Gasteiger partial charge in [-0.15, -0.1) is 0 Å². The summed E-state index contributed by atoms with van der Waals surface area (Å²) in [4.78, 5) is 4.69. The molecule has 130 valence electrons. The number of aryl methyl sites for hydroxylation is 2. The molecule has 1 atom stereocenters. The zero-order valence-corrected chi connectivity index (χ0v) is 15.2. The van der Waals surface area contributed by atoms with Crippen molar-refractivity contribution in [1.82, 2.24) is 15.6 Å². The first kappa shape index (κ1) is 17.3. The molecule has 0 saturated heterocycles. The Kier molecular flexibility index (Phi) is 5.54. The first-order valence-corrected chi connectivity index (χ1v) is 9.04. The highest BCUT2D eigenvalue weighted by Crippen LogP contribution is 2.24. The summed E-state index contributed by atoms with van der Waals surface area (Å²) in [6.07, 6.45) is 9.22. The number of pyridine rings is 1. The molecule has 0 spiro atoms. The monoisotopic (exact) mass is 333 g/mol. The van der Waals surface area contributed by atoms with Crippen LogP contribution in [0, 0.1) is 6.92 Å². The van der Waals surface area contributed by atoms with Crippen molar-refractivity contribution in [2.45, 2.75) is 39.2 Å². The van der Waals surface area contributed by atoms with E-state index in [1.807, 2.05) is 6.20 Å². The molecule has 0 saturated carbocycles. The zero-order valence-electron chi connectivity index (χ0n) is 15.2. The molecule has 1 aromatic heterocycles. The van der Waals surface area contributed by atoms with E-state index in [-0.39, 0.29) is 0 Å². The van der Waals surface area contributed by atoms with Gasteiger partial charge in [0.25, 0.3) is 0 Å². The molecule has 1 aliphatic heterocycles. The Bertz CT molecular complexity index is 759. The van der Waals surface area contributed by atoms with Crippen LogP contribution < -0.4 is 10.6 Å². The molecule has 25 heavy (non-hydrogen) atoms. The summed E-state index contributed by atoms with van der Waals surface area (Å²) in [5.41, 5.74) is 7.31. The van der Waals surface area contributed by atoms with E-state index in [0.717, 1.165) is 37.1 Å². The number of aromatic nitrogens is 1. The molecule has 3 nitrogen and oxygen atoms in total. The fourth-order valence-corrected chi connectivity index (χ4v) is 3.19. The molecule has 1 unspecified atom stereocenters. The van der Waals surface area contributed by atoms with Gasteiger partial charge in [0.1, 0.15) is 0 Å². The minimum absolute atomic E-state index is 0.518. The predicted molar refractivity (Wildman–Crippen MR) is 106 cm³/mol. The number of benzene rings is 1. The fraction of sp³-hybridized carbons (Fsp3) is 0.318. The maximum absolute atomic E-state index is 4.69. The number of nitrogens with zero attached hydrogens (tertiary/aromatic N) is 1. The molecule has 1 aliphatic rings. The van der Waals surface area contributed by atoms with E-state index in [0.29, 0.717) is 6.04 Å². The predicted octanol–water partition coefficient (Wildman–Crippen LogP) is 4.45. The molecular formula is C22H27N3. The second kappa shape index (κ2) is 8.02. The van der Waals surface area contributed by atoms with Crippen molar-refractivity contribution in [3.05, 3.63) is 72.1 Å². The quantitative estimate of drug-likeness (QED) is 0.735. The van der Waals surface area contributed by atoms with Gasteiger partial charge in [0.05, 0.1) is 5.69 Å². The van der Waals surface area contributed by atoms with Crippen molar-refractivity contribution < 1.29 is 0 Å². The summed E-state index contributed by atoms with van der Waals surface area (Å²) in [5, 5.41) is 6.65. The molecule has 1 aromatic carbocycles. The average Bonchev–Trinajstić information content (AvgIpc) is 3.07. The van der Waals surface area contributed by atoms with Crippen LogP contribution in [0.5, 0.6) is 0 Å². The van der Waals surface area contributed by atoms with E-state index >= 15 is 0 Å². The molecular weight excluding hydrogens is 306 g/mol.